The van der Waals surface area contributed by atoms with Crippen LogP contribution in [0.15, 0.2) is 49.1 Å². The molecule has 2 saturated heterocycles. The fourth-order valence-corrected chi connectivity index (χ4v) is 4.90. The Labute approximate surface area is 234 Å². The molecule has 222 valence electrons. The Morgan fingerprint density at radius 3 is 2.24 bits per heavy atom. The number of rotatable bonds is 6. The first kappa shape index (κ1) is 29.3. The molecule has 3 aliphatic rings. The number of aliphatic hydroxyl groups is 6. The van der Waals surface area contributed by atoms with E-state index in [-0.39, 0.29) is 23.0 Å². The molecule has 0 aromatic heterocycles. The first-order valence-electron chi connectivity index (χ1n) is 12.9. The molecule has 10 atom stereocenters. The zero-order chi connectivity index (χ0) is 29.6. The summed E-state index contributed by atoms with van der Waals surface area (Å²) in [7, 11) is 0. The maximum Gasteiger partial charge on any atom is 0.229 e. The van der Waals surface area contributed by atoms with E-state index in [1.54, 1.807) is 18.2 Å². The van der Waals surface area contributed by atoms with E-state index in [9.17, 15) is 40.9 Å². The van der Waals surface area contributed by atoms with Gasteiger partial charge in [0.1, 0.15) is 65.4 Å². The number of ether oxygens (including phenoxy) is 5. The van der Waals surface area contributed by atoms with Gasteiger partial charge in [0, 0.05) is 17.7 Å². The molecule has 5 rings (SSSR count). The van der Waals surface area contributed by atoms with Crippen LogP contribution in [0.5, 0.6) is 23.0 Å². The summed E-state index contributed by atoms with van der Waals surface area (Å²) in [6.07, 6.45) is -13.3. The lowest BCUT2D eigenvalue weighted by molar-refractivity contribution is -0.354. The standard InChI is InChI=1S/C28H32O13/c1-11-7-17(13-3-5-14(30)6-4-13)39-18-9-15(8-16(31)20(11)18)38-28-26(24(35)22(33)19(10-29)40-28)41-27-25(36)23(34)21(32)12(2)37-27/h3-9,12,19,21-36H,1,10H2,2H3/t12-,19+,21-,22+,23+,24-,25+,26+,27-,28+/m0/s1. The molecule has 8 N–H and O–H groups in total. The average Bonchev–Trinajstić information content (AvgIpc) is 2.94. The van der Waals surface area contributed by atoms with Crippen LogP contribution in [0.3, 0.4) is 0 Å². The minimum atomic E-state index is -1.72. The lowest BCUT2D eigenvalue weighted by Gasteiger charge is -2.45. The summed E-state index contributed by atoms with van der Waals surface area (Å²) in [6, 6.07) is 8.91. The number of phenols is 2. The van der Waals surface area contributed by atoms with Crippen molar-refractivity contribution < 1.29 is 64.5 Å². The third-order valence-corrected chi connectivity index (χ3v) is 7.23. The van der Waals surface area contributed by atoms with Gasteiger partial charge in [-0.25, -0.2) is 0 Å². The summed E-state index contributed by atoms with van der Waals surface area (Å²) in [5.74, 6) is 0.343. The summed E-state index contributed by atoms with van der Waals surface area (Å²) in [5.41, 5.74) is 1.35. The second-order valence-corrected chi connectivity index (χ2v) is 10.1. The summed E-state index contributed by atoms with van der Waals surface area (Å²) in [6.45, 7) is 4.74. The molecule has 0 bridgehead atoms. The lowest BCUT2D eigenvalue weighted by atomic mass is 9.97. The van der Waals surface area contributed by atoms with Crippen LogP contribution in [0.25, 0.3) is 11.3 Å². The van der Waals surface area contributed by atoms with Crippen molar-refractivity contribution in [3.63, 3.8) is 0 Å². The van der Waals surface area contributed by atoms with Gasteiger partial charge in [-0.3, -0.25) is 0 Å². The van der Waals surface area contributed by atoms with Gasteiger partial charge in [-0.2, -0.15) is 0 Å². The van der Waals surface area contributed by atoms with Gasteiger partial charge >= 0.3 is 0 Å². The van der Waals surface area contributed by atoms with Crippen molar-refractivity contribution >= 4 is 11.3 Å². The quantitative estimate of drug-likeness (QED) is 0.220. The van der Waals surface area contributed by atoms with Crippen molar-refractivity contribution in [2.45, 2.75) is 68.3 Å². The molecule has 2 fully saturated rings. The third kappa shape index (κ3) is 5.64. The topological polar surface area (TPSA) is 208 Å². The van der Waals surface area contributed by atoms with Crippen LogP contribution in [0.1, 0.15) is 18.1 Å². The summed E-state index contributed by atoms with van der Waals surface area (Å²) < 4.78 is 28.7. The number of aliphatic hydroxyl groups excluding tert-OH is 6. The molecule has 13 nitrogen and oxygen atoms in total. The molecule has 3 aliphatic heterocycles. The molecule has 3 heterocycles. The molecule has 13 heteroatoms. The molecule has 0 unspecified atom stereocenters. The van der Waals surface area contributed by atoms with E-state index in [4.69, 9.17) is 23.7 Å². The third-order valence-electron chi connectivity index (χ3n) is 7.23. The van der Waals surface area contributed by atoms with Crippen molar-refractivity contribution in [1.82, 2.24) is 0 Å². The molecular weight excluding hydrogens is 544 g/mol. The van der Waals surface area contributed by atoms with Gasteiger partial charge in [0.05, 0.1) is 18.3 Å². The fourth-order valence-electron chi connectivity index (χ4n) is 4.90. The summed E-state index contributed by atoms with van der Waals surface area (Å²) >= 11 is 0. The predicted molar refractivity (Wildman–Crippen MR) is 139 cm³/mol. The lowest BCUT2D eigenvalue weighted by Crippen LogP contribution is -2.64. The predicted octanol–water partition coefficient (Wildman–Crippen LogP) is -0.425. The van der Waals surface area contributed by atoms with Crippen LogP contribution in [0.4, 0.5) is 0 Å². The maximum atomic E-state index is 10.8. The van der Waals surface area contributed by atoms with Crippen LogP contribution >= 0.6 is 0 Å². The first-order valence-corrected chi connectivity index (χ1v) is 12.9. The summed E-state index contributed by atoms with van der Waals surface area (Å²) in [5, 5.41) is 81.9. The number of hydrogen-bond acceptors (Lipinski definition) is 13. The van der Waals surface area contributed by atoms with E-state index in [1.165, 1.54) is 31.2 Å². The Kier molecular flexibility index (Phi) is 8.25. The highest BCUT2D eigenvalue weighted by atomic mass is 16.8. The molecule has 0 radical (unpaired) electrons. The molecular formula is C28H32O13. The highest BCUT2D eigenvalue weighted by molar-refractivity contribution is 5.89. The van der Waals surface area contributed by atoms with Gasteiger partial charge in [0.15, 0.2) is 12.4 Å². The van der Waals surface area contributed by atoms with E-state index < -0.39 is 68.0 Å². The van der Waals surface area contributed by atoms with E-state index in [0.717, 1.165) is 0 Å². The number of benzene rings is 2. The van der Waals surface area contributed by atoms with Gasteiger partial charge in [0.25, 0.3) is 0 Å². The SMILES string of the molecule is C=C1C=C(c2ccc(O)cc2)Oc2cc(O[C@@H]3O[C@H](CO)[C@@H](O)[C@H](O)[C@H]3O[C@@H]3O[C@@H](C)[C@H](O)[C@@H](O)[C@H]3O)cc(O)c21. The van der Waals surface area contributed by atoms with Gasteiger partial charge < -0.3 is 64.5 Å². The minimum Gasteiger partial charge on any atom is -0.508 e. The number of fused-ring (bicyclic) bond motifs is 1. The molecule has 0 spiro atoms. The van der Waals surface area contributed by atoms with Crippen molar-refractivity contribution in [3.8, 4) is 23.0 Å². The number of hydrogen-bond donors (Lipinski definition) is 8. The Morgan fingerprint density at radius 1 is 0.854 bits per heavy atom. The molecule has 0 amide bonds. The van der Waals surface area contributed by atoms with Gasteiger partial charge in [0.2, 0.25) is 6.29 Å². The fraction of sp³-hybridized carbons (Fsp3) is 0.429. The molecule has 0 aliphatic carbocycles. The van der Waals surface area contributed by atoms with Crippen molar-refractivity contribution in [1.29, 1.82) is 0 Å². The highest BCUT2D eigenvalue weighted by Crippen LogP contribution is 2.44. The van der Waals surface area contributed by atoms with E-state index in [0.29, 0.717) is 22.5 Å². The van der Waals surface area contributed by atoms with Gasteiger partial charge in [-0.05, 0) is 42.8 Å². The Bertz CT molecular complexity index is 1290. The second-order valence-electron chi connectivity index (χ2n) is 10.1. The highest BCUT2D eigenvalue weighted by Gasteiger charge is 2.51. The number of allylic oxidation sites excluding steroid dienone is 2. The first-order chi connectivity index (χ1) is 19.5. The van der Waals surface area contributed by atoms with Crippen LogP contribution in [0.2, 0.25) is 0 Å². The van der Waals surface area contributed by atoms with Crippen LogP contribution < -0.4 is 9.47 Å². The smallest absolute Gasteiger partial charge is 0.229 e. The van der Waals surface area contributed by atoms with Crippen molar-refractivity contribution in [3.05, 3.63) is 60.2 Å². The van der Waals surface area contributed by atoms with Crippen LogP contribution in [-0.4, -0.2) is 109 Å². The monoisotopic (exact) mass is 576 g/mol. The second kappa shape index (κ2) is 11.6. The van der Waals surface area contributed by atoms with Crippen molar-refractivity contribution in [2.75, 3.05) is 6.61 Å². The van der Waals surface area contributed by atoms with Crippen LogP contribution in [-0.2, 0) is 14.2 Å². The molecule has 2 aromatic carbocycles. The number of phenolic OH excluding ortho intramolecular Hbond substituents is 2. The zero-order valence-corrected chi connectivity index (χ0v) is 21.8. The molecule has 41 heavy (non-hydrogen) atoms. The normalized spacial score (nSPS) is 35.3. The Balaban J connectivity index is 1.42. The number of aromatic hydroxyl groups is 2. The molecule has 0 saturated carbocycles. The zero-order valence-electron chi connectivity index (χ0n) is 21.8. The van der Waals surface area contributed by atoms with Crippen LogP contribution in [0, 0.1) is 0 Å². The van der Waals surface area contributed by atoms with Gasteiger partial charge in [-0.1, -0.05) is 6.58 Å². The van der Waals surface area contributed by atoms with Crippen molar-refractivity contribution in [2.24, 2.45) is 0 Å². The molecule has 2 aromatic rings. The van der Waals surface area contributed by atoms with E-state index in [2.05, 4.69) is 6.58 Å². The Morgan fingerprint density at radius 2 is 1.56 bits per heavy atom. The largest absolute Gasteiger partial charge is 0.508 e. The Hall–Kier alpha value is -3.24. The van der Waals surface area contributed by atoms with Gasteiger partial charge in [-0.15, -0.1) is 0 Å². The minimum absolute atomic E-state index is 0.0196. The van der Waals surface area contributed by atoms with E-state index >= 15 is 0 Å². The average molecular weight is 577 g/mol. The van der Waals surface area contributed by atoms with E-state index in [1.807, 2.05) is 0 Å². The summed E-state index contributed by atoms with van der Waals surface area (Å²) in [4.78, 5) is 0. The maximum absolute atomic E-state index is 10.8.